The van der Waals surface area contributed by atoms with Gasteiger partial charge in [-0.15, -0.1) is 12.4 Å². The van der Waals surface area contributed by atoms with Crippen molar-refractivity contribution in [3.8, 4) is 0 Å². The molecule has 4 rings (SSSR count). The van der Waals surface area contributed by atoms with Gasteiger partial charge in [-0.25, -0.2) is 13.4 Å². The van der Waals surface area contributed by atoms with E-state index >= 15 is 0 Å². The molecule has 1 aliphatic heterocycles. The molecule has 10 heteroatoms. The van der Waals surface area contributed by atoms with E-state index in [2.05, 4.69) is 58.6 Å². The number of likely N-dealkylation sites (N-methyl/N-ethyl adjacent to an activating group) is 1. The third-order valence-electron chi connectivity index (χ3n) is 7.58. The Morgan fingerprint density at radius 2 is 1.59 bits per heavy atom. The Balaban J connectivity index is 0.00000420. The summed E-state index contributed by atoms with van der Waals surface area (Å²) >= 11 is 1.52. The maximum Gasteiger partial charge on any atom is 0.260 e. The summed E-state index contributed by atoms with van der Waals surface area (Å²) in [6.07, 6.45) is 1.04. The van der Waals surface area contributed by atoms with Crippen molar-refractivity contribution in [3.63, 3.8) is 0 Å². The molecule has 0 N–H and O–H groups in total. The van der Waals surface area contributed by atoms with Crippen molar-refractivity contribution in [3.05, 3.63) is 53.1 Å². The number of hydrogen-bond acceptors (Lipinski definition) is 6. The van der Waals surface area contributed by atoms with Gasteiger partial charge in [0, 0.05) is 31.7 Å². The maximum atomic E-state index is 13.8. The van der Waals surface area contributed by atoms with Crippen LogP contribution in [0.25, 0.3) is 10.2 Å². The van der Waals surface area contributed by atoms with Gasteiger partial charge in [-0.1, -0.05) is 39.0 Å². The molecule has 2 heterocycles. The second-order valence-corrected chi connectivity index (χ2v) is 13.6. The van der Waals surface area contributed by atoms with Crippen LogP contribution >= 0.6 is 23.7 Å². The van der Waals surface area contributed by atoms with Crippen molar-refractivity contribution in [2.75, 3.05) is 44.2 Å². The van der Waals surface area contributed by atoms with E-state index in [1.54, 1.807) is 33.5 Å². The second-order valence-electron chi connectivity index (χ2n) is 10.7. The third kappa shape index (κ3) is 7.00. The minimum atomic E-state index is -3.61. The van der Waals surface area contributed by atoms with Crippen LogP contribution in [0, 0.1) is 25.7 Å². The van der Waals surface area contributed by atoms with E-state index < -0.39 is 10.0 Å². The molecule has 39 heavy (non-hydrogen) atoms. The van der Waals surface area contributed by atoms with E-state index in [-0.39, 0.29) is 23.2 Å². The highest BCUT2D eigenvalue weighted by atomic mass is 35.5. The standard InChI is InChI=1S/C29H40N4O3S2.ClH/c1-7-31(8-2)13-14-33(29-30-26-16-22(5)23(6)17-27(26)37-29)28(34)24-9-11-25(12-10-24)38(35,36)32-18-20(3)15-21(4)19-32;/h9-12,16-17,20-21H,7-8,13-15,18-19H2,1-6H3;1H. The van der Waals surface area contributed by atoms with Gasteiger partial charge in [-0.05, 0) is 92.7 Å². The largest absolute Gasteiger partial charge is 0.302 e. The summed E-state index contributed by atoms with van der Waals surface area (Å²) in [6.45, 7) is 16.7. The Bertz CT molecular complexity index is 1340. The first-order chi connectivity index (χ1) is 18.0. The fraction of sp³-hybridized carbons (Fsp3) is 0.517. The summed E-state index contributed by atoms with van der Waals surface area (Å²) in [6, 6.07) is 10.6. The number of anilines is 1. The normalized spacial score (nSPS) is 18.3. The summed E-state index contributed by atoms with van der Waals surface area (Å²) < 4.78 is 29.3. The molecule has 2 unspecified atom stereocenters. The number of thiazole rings is 1. The first-order valence-corrected chi connectivity index (χ1v) is 15.8. The van der Waals surface area contributed by atoms with E-state index in [0.717, 1.165) is 36.3 Å². The van der Waals surface area contributed by atoms with Gasteiger partial charge in [0.1, 0.15) is 0 Å². The predicted molar refractivity (Wildman–Crippen MR) is 164 cm³/mol. The molecule has 0 aliphatic carbocycles. The summed E-state index contributed by atoms with van der Waals surface area (Å²) in [5.41, 5.74) is 3.71. The Hall–Kier alpha value is -2.04. The van der Waals surface area contributed by atoms with E-state index in [4.69, 9.17) is 4.98 Å². The molecular formula is C29H41ClN4O3S2. The number of rotatable bonds is 9. The Morgan fingerprint density at radius 1 is 1.00 bits per heavy atom. The zero-order chi connectivity index (χ0) is 27.6. The first kappa shape index (κ1) is 31.5. The van der Waals surface area contributed by atoms with Crippen LogP contribution in [-0.4, -0.2) is 67.8 Å². The molecule has 1 fully saturated rings. The lowest BCUT2D eigenvalue weighted by Gasteiger charge is -2.34. The van der Waals surface area contributed by atoms with Crippen LogP contribution < -0.4 is 4.90 Å². The maximum absolute atomic E-state index is 13.8. The van der Waals surface area contributed by atoms with Crippen molar-refractivity contribution in [1.29, 1.82) is 0 Å². The summed E-state index contributed by atoms with van der Waals surface area (Å²) in [4.78, 5) is 22.9. The number of aryl methyl sites for hydroxylation is 2. The molecule has 214 valence electrons. The smallest absolute Gasteiger partial charge is 0.260 e. The van der Waals surface area contributed by atoms with Crippen LogP contribution in [0.5, 0.6) is 0 Å². The molecule has 1 aliphatic rings. The third-order valence-corrected chi connectivity index (χ3v) is 10.5. The average molecular weight is 593 g/mol. The topological polar surface area (TPSA) is 73.8 Å². The molecule has 0 saturated carbocycles. The average Bonchev–Trinajstić information content (AvgIpc) is 3.28. The molecule has 0 spiro atoms. The summed E-state index contributed by atoms with van der Waals surface area (Å²) in [5, 5.41) is 0.662. The van der Waals surface area contributed by atoms with Gasteiger partial charge in [0.2, 0.25) is 10.0 Å². The molecule has 1 aromatic heterocycles. The van der Waals surface area contributed by atoms with Crippen LogP contribution in [0.15, 0.2) is 41.3 Å². The Morgan fingerprint density at radius 3 is 2.18 bits per heavy atom. The van der Waals surface area contributed by atoms with Crippen molar-refractivity contribution in [2.24, 2.45) is 11.8 Å². The highest BCUT2D eigenvalue weighted by Crippen LogP contribution is 2.32. The summed E-state index contributed by atoms with van der Waals surface area (Å²) in [7, 11) is -3.61. The highest BCUT2D eigenvalue weighted by molar-refractivity contribution is 7.89. The van der Waals surface area contributed by atoms with Gasteiger partial charge >= 0.3 is 0 Å². The number of fused-ring (bicyclic) bond motifs is 1. The molecule has 1 amide bonds. The Kier molecular flexibility index (Phi) is 10.6. The number of nitrogens with zero attached hydrogens (tertiary/aromatic N) is 4. The lowest BCUT2D eigenvalue weighted by Crippen LogP contribution is -2.42. The fourth-order valence-electron chi connectivity index (χ4n) is 5.22. The lowest BCUT2D eigenvalue weighted by molar-refractivity contribution is 0.0983. The molecule has 7 nitrogen and oxygen atoms in total. The van der Waals surface area contributed by atoms with Crippen LogP contribution in [-0.2, 0) is 10.0 Å². The number of carbonyl (C=O) groups is 1. The first-order valence-electron chi connectivity index (χ1n) is 13.6. The number of piperidine rings is 1. The van der Waals surface area contributed by atoms with Crippen LogP contribution in [0.2, 0.25) is 0 Å². The minimum Gasteiger partial charge on any atom is -0.302 e. The molecular weight excluding hydrogens is 552 g/mol. The van der Waals surface area contributed by atoms with Gasteiger partial charge < -0.3 is 4.90 Å². The molecule has 2 atom stereocenters. The molecule has 3 aromatic rings. The van der Waals surface area contributed by atoms with Crippen LogP contribution in [0.4, 0.5) is 5.13 Å². The Labute approximate surface area is 243 Å². The fourth-order valence-corrected chi connectivity index (χ4v) is 7.97. The monoisotopic (exact) mass is 592 g/mol. The van der Waals surface area contributed by atoms with Crippen LogP contribution in [0.1, 0.15) is 55.6 Å². The van der Waals surface area contributed by atoms with Crippen LogP contribution in [0.3, 0.4) is 0 Å². The van der Waals surface area contributed by atoms with Crippen molar-refractivity contribution >= 4 is 55.0 Å². The number of benzene rings is 2. The predicted octanol–water partition coefficient (Wildman–Crippen LogP) is 5.99. The van der Waals surface area contributed by atoms with E-state index in [0.29, 0.717) is 42.2 Å². The second kappa shape index (κ2) is 13.1. The van der Waals surface area contributed by atoms with E-state index in [1.807, 2.05) is 0 Å². The highest BCUT2D eigenvalue weighted by Gasteiger charge is 2.32. The van der Waals surface area contributed by atoms with Gasteiger partial charge in [-0.2, -0.15) is 4.31 Å². The van der Waals surface area contributed by atoms with Crippen molar-refractivity contribution in [1.82, 2.24) is 14.2 Å². The van der Waals surface area contributed by atoms with Gasteiger partial charge in [0.05, 0.1) is 15.1 Å². The van der Waals surface area contributed by atoms with Gasteiger partial charge in [-0.3, -0.25) is 9.69 Å². The molecule has 0 bridgehead atoms. The minimum absolute atomic E-state index is 0. The zero-order valence-electron chi connectivity index (χ0n) is 23.8. The van der Waals surface area contributed by atoms with Gasteiger partial charge in [0.25, 0.3) is 5.91 Å². The molecule has 0 radical (unpaired) electrons. The SMILES string of the molecule is CCN(CC)CCN(C(=O)c1ccc(S(=O)(=O)N2CC(C)CC(C)C2)cc1)c1nc2cc(C)c(C)cc2s1.Cl. The lowest BCUT2D eigenvalue weighted by atomic mass is 9.94. The number of hydrogen-bond donors (Lipinski definition) is 0. The number of sulfonamides is 1. The van der Waals surface area contributed by atoms with Gasteiger partial charge in [0.15, 0.2) is 5.13 Å². The molecule has 1 saturated heterocycles. The quantitative estimate of drug-likeness (QED) is 0.305. The summed E-state index contributed by atoms with van der Waals surface area (Å²) in [5.74, 6) is 0.485. The molecule has 2 aromatic carbocycles. The van der Waals surface area contributed by atoms with Crippen molar-refractivity contribution in [2.45, 2.75) is 52.9 Å². The number of aromatic nitrogens is 1. The van der Waals surface area contributed by atoms with Crippen molar-refractivity contribution < 1.29 is 13.2 Å². The number of amides is 1. The number of carbonyl (C=O) groups excluding carboxylic acids is 1. The zero-order valence-corrected chi connectivity index (χ0v) is 26.3. The number of halogens is 1. The van der Waals surface area contributed by atoms with E-state index in [1.165, 1.54) is 22.5 Å². The van der Waals surface area contributed by atoms with E-state index in [9.17, 15) is 13.2 Å².